The highest BCUT2D eigenvalue weighted by Gasteiger charge is 2.26. The van der Waals surface area contributed by atoms with Gasteiger partial charge in [0.05, 0.1) is 6.10 Å². The summed E-state index contributed by atoms with van der Waals surface area (Å²) in [5.41, 5.74) is 2.20. The lowest BCUT2D eigenvalue weighted by molar-refractivity contribution is 0.160. The highest BCUT2D eigenvalue weighted by Crippen LogP contribution is 2.22. The molecule has 1 aliphatic heterocycles. The van der Waals surface area contributed by atoms with Crippen LogP contribution in [0.1, 0.15) is 50.8 Å². The number of benzene rings is 1. The second-order valence-electron chi connectivity index (χ2n) is 9.13. The smallest absolute Gasteiger partial charge is 0.301 e. The van der Waals surface area contributed by atoms with Crippen molar-refractivity contribution in [3.63, 3.8) is 0 Å². The molecule has 1 atom stereocenters. The lowest BCUT2D eigenvalue weighted by Crippen LogP contribution is -2.43. The molecular formula is C23H34N4O3S. The fourth-order valence-electron chi connectivity index (χ4n) is 3.77. The minimum Gasteiger partial charge on any atom is -0.387 e. The molecule has 0 bridgehead atoms. The predicted octanol–water partition coefficient (Wildman–Crippen LogP) is 3.11. The summed E-state index contributed by atoms with van der Waals surface area (Å²) < 4.78 is 29.5. The van der Waals surface area contributed by atoms with E-state index in [0.717, 1.165) is 30.4 Å². The first kappa shape index (κ1) is 23.7. The van der Waals surface area contributed by atoms with Gasteiger partial charge in [0, 0.05) is 48.8 Å². The van der Waals surface area contributed by atoms with Crippen LogP contribution in [-0.2, 0) is 16.6 Å². The van der Waals surface area contributed by atoms with Crippen molar-refractivity contribution in [3.8, 4) is 0 Å². The van der Waals surface area contributed by atoms with Crippen molar-refractivity contribution < 1.29 is 13.5 Å². The third kappa shape index (κ3) is 7.00. The van der Waals surface area contributed by atoms with E-state index >= 15 is 0 Å². The van der Waals surface area contributed by atoms with Crippen LogP contribution in [0.3, 0.4) is 0 Å². The lowest BCUT2D eigenvalue weighted by atomic mass is 9.94. The number of aromatic nitrogens is 1. The summed E-state index contributed by atoms with van der Waals surface area (Å²) in [5.74, 6) is 0.577. The fraction of sp³-hybridized carbons (Fsp3) is 0.522. The number of pyridine rings is 1. The number of aliphatic hydroxyl groups excluding tert-OH is 1. The van der Waals surface area contributed by atoms with Gasteiger partial charge < -0.3 is 10.4 Å². The van der Waals surface area contributed by atoms with E-state index in [1.807, 2.05) is 24.3 Å². The van der Waals surface area contributed by atoms with Crippen molar-refractivity contribution in [1.82, 2.24) is 14.6 Å². The summed E-state index contributed by atoms with van der Waals surface area (Å²) in [5, 5.41) is 13.8. The maximum Gasteiger partial charge on any atom is 0.301 e. The molecule has 170 valence electrons. The minimum absolute atomic E-state index is 0.241. The van der Waals surface area contributed by atoms with Gasteiger partial charge in [0.1, 0.15) is 0 Å². The van der Waals surface area contributed by atoms with E-state index in [0.29, 0.717) is 31.2 Å². The molecule has 0 unspecified atom stereocenters. The first-order chi connectivity index (χ1) is 14.6. The monoisotopic (exact) mass is 446 g/mol. The number of hydrogen-bond donors (Lipinski definition) is 3. The van der Waals surface area contributed by atoms with Crippen LogP contribution in [0.5, 0.6) is 0 Å². The lowest BCUT2D eigenvalue weighted by Gasteiger charge is -2.29. The van der Waals surface area contributed by atoms with Crippen LogP contribution < -0.4 is 10.0 Å². The average molecular weight is 447 g/mol. The molecule has 1 fully saturated rings. The maximum atomic E-state index is 12.6. The Kier molecular flexibility index (Phi) is 7.69. The maximum absolute atomic E-state index is 12.6. The molecule has 0 amide bonds. The second kappa shape index (κ2) is 10.1. The average Bonchev–Trinajstić information content (AvgIpc) is 2.74. The minimum atomic E-state index is -3.51. The Labute approximate surface area is 186 Å². The largest absolute Gasteiger partial charge is 0.387 e. The first-order valence-corrected chi connectivity index (χ1v) is 12.3. The Morgan fingerprint density at radius 2 is 1.87 bits per heavy atom. The topological polar surface area (TPSA) is 94.6 Å². The van der Waals surface area contributed by atoms with E-state index in [9.17, 15) is 13.5 Å². The van der Waals surface area contributed by atoms with Crippen molar-refractivity contribution >= 4 is 15.9 Å². The van der Waals surface area contributed by atoms with Crippen molar-refractivity contribution in [2.45, 2.75) is 51.7 Å². The SMILES string of the molecule is CC1CCN(S(=O)(=O)Nc2ccc(CC(C)(C)NC[C@@H](O)c3cccnc3)cc2)CC1. The van der Waals surface area contributed by atoms with E-state index in [1.54, 1.807) is 24.5 Å². The summed E-state index contributed by atoms with van der Waals surface area (Å²) in [4.78, 5) is 4.04. The van der Waals surface area contributed by atoms with Gasteiger partial charge in [-0.2, -0.15) is 12.7 Å². The Balaban J connectivity index is 1.53. The van der Waals surface area contributed by atoms with E-state index in [-0.39, 0.29) is 5.54 Å². The third-order valence-corrected chi connectivity index (χ3v) is 7.31. The second-order valence-corrected chi connectivity index (χ2v) is 10.8. The van der Waals surface area contributed by atoms with Crippen molar-refractivity contribution in [1.29, 1.82) is 0 Å². The Hall–Kier alpha value is -2.00. The normalized spacial score (nSPS) is 17.4. The molecule has 2 aromatic rings. The molecule has 7 nitrogen and oxygen atoms in total. The third-order valence-electron chi connectivity index (χ3n) is 5.77. The molecule has 3 N–H and O–H groups in total. The number of β-amino-alcohol motifs (C(OH)–C–C–N with tert-alkyl or cyclic N) is 1. The van der Waals surface area contributed by atoms with Gasteiger partial charge in [-0.25, -0.2) is 0 Å². The summed E-state index contributed by atoms with van der Waals surface area (Å²) in [6, 6.07) is 11.2. The zero-order valence-electron chi connectivity index (χ0n) is 18.6. The number of hydrogen-bond acceptors (Lipinski definition) is 5. The molecule has 0 saturated carbocycles. The molecule has 1 aromatic heterocycles. The van der Waals surface area contributed by atoms with Crippen LogP contribution in [0.2, 0.25) is 0 Å². The fourth-order valence-corrected chi connectivity index (χ4v) is 5.02. The quantitative estimate of drug-likeness (QED) is 0.550. The molecule has 31 heavy (non-hydrogen) atoms. The first-order valence-electron chi connectivity index (χ1n) is 10.8. The zero-order chi connectivity index (χ0) is 22.5. The van der Waals surface area contributed by atoms with Crippen molar-refractivity contribution in [3.05, 3.63) is 59.9 Å². The van der Waals surface area contributed by atoms with Crippen LogP contribution in [0.4, 0.5) is 5.69 Å². The Bertz CT molecular complexity index is 925. The van der Waals surface area contributed by atoms with Gasteiger partial charge in [0.2, 0.25) is 0 Å². The summed E-state index contributed by atoms with van der Waals surface area (Å²) in [6.07, 6.45) is 5.27. The molecule has 1 aromatic carbocycles. The molecule has 1 saturated heterocycles. The molecule has 3 rings (SSSR count). The number of anilines is 1. The zero-order valence-corrected chi connectivity index (χ0v) is 19.4. The Morgan fingerprint density at radius 3 is 2.48 bits per heavy atom. The number of nitrogens with zero attached hydrogens (tertiary/aromatic N) is 2. The highest BCUT2D eigenvalue weighted by molar-refractivity contribution is 7.90. The predicted molar refractivity (Wildman–Crippen MR) is 124 cm³/mol. The van der Waals surface area contributed by atoms with E-state index in [1.165, 1.54) is 4.31 Å². The van der Waals surface area contributed by atoms with Crippen LogP contribution in [0.25, 0.3) is 0 Å². The molecule has 1 aliphatic rings. The van der Waals surface area contributed by atoms with Gasteiger partial charge in [0.25, 0.3) is 0 Å². The van der Waals surface area contributed by atoms with Crippen LogP contribution in [0, 0.1) is 5.92 Å². The Morgan fingerprint density at radius 1 is 1.19 bits per heavy atom. The number of rotatable bonds is 9. The molecule has 0 aliphatic carbocycles. The number of aliphatic hydroxyl groups is 1. The van der Waals surface area contributed by atoms with Gasteiger partial charge >= 0.3 is 10.2 Å². The highest BCUT2D eigenvalue weighted by atomic mass is 32.2. The van der Waals surface area contributed by atoms with E-state index in [4.69, 9.17) is 0 Å². The number of piperidine rings is 1. The number of nitrogens with one attached hydrogen (secondary N) is 2. The summed E-state index contributed by atoms with van der Waals surface area (Å²) in [6.45, 7) is 7.88. The van der Waals surface area contributed by atoms with Gasteiger partial charge in [-0.15, -0.1) is 0 Å². The van der Waals surface area contributed by atoms with E-state index in [2.05, 4.69) is 35.8 Å². The van der Waals surface area contributed by atoms with Crippen molar-refractivity contribution in [2.75, 3.05) is 24.4 Å². The van der Waals surface area contributed by atoms with Crippen molar-refractivity contribution in [2.24, 2.45) is 5.92 Å². The van der Waals surface area contributed by atoms with Crippen LogP contribution in [0.15, 0.2) is 48.8 Å². The molecular weight excluding hydrogens is 412 g/mol. The van der Waals surface area contributed by atoms with Gasteiger partial charge in [-0.1, -0.05) is 25.1 Å². The summed E-state index contributed by atoms with van der Waals surface area (Å²) in [7, 11) is -3.51. The van der Waals surface area contributed by atoms with Crippen LogP contribution in [-0.4, -0.2) is 48.0 Å². The summed E-state index contributed by atoms with van der Waals surface area (Å²) >= 11 is 0. The molecule has 0 radical (unpaired) electrons. The van der Waals surface area contributed by atoms with Gasteiger partial charge in [-0.05, 0) is 62.8 Å². The molecule has 2 heterocycles. The standard InChI is InChI=1S/C23H34N4O3S/c1-18-10-13-27(14-11-18)31(29,30)26-21-8-6-19(7-9-21)15-23(2,3)25-17-22(28)20-5-4-12-24-16-20/h4-9,12,16,18,22,25-26,28H,10-11,13-15,17H2,1-3H3/t22-/m1/s1. The van der Waals surface area contributed by atoms with Crippen LogP contribution >= 0.6 is 0 Å². The van der Waals surface area contributed by atoms with Gasteiger partial charge in [0.15, 0.2) is 0 Å². The van der Waals surface area contributed by atoms with Gasteiger partial charge in [-0.3, -0.25) is 9.71 Å². The molecule has 0 spiro atoms. The van der Waals surface area contributed by atoms with E-state index < -0.39 is 16.3 Å². The molecule has 8 heteroatoms.